The van der Waals surface area contributed by atoms with Gasteiger partial charge in [0.15, 0.2) is 0 Å². The summed E-state index contributed by atoms with van der Waals surface area (Å²) in [6, 6.07) is 1.62. The Morgan fingerprint density at radius 2 is 2.00 bits per heavy atom. The van der Waals surface area contributed by atoms with E-state index >= 15 is 0 Å². The summed E-state index contributed by atoms with van der Waals surface area (Å²) in [5, 5.41) is 3.68. The molecule has 0 radical (unpaired) electrons. The largest absolute Gasteiger partial charge is 0.313 e. The third-order valence-electron chi connectivity index (χ3n) is 4.54. The van der Waals surface area contributed by atoms with Gasteiger partial charge < -0.3 is 5.32 Å². The monoisotopic (exact) mass is 224 g/mol. The molecule has 1 saturated heterocycles. The highest BCUT2D eigenvalue weighted by Gasteiger charge is 2.33. The predicted molar refractivity (Wildman–Crippen MR) is 69.7 cm³/mol. The highest BCUT2D eigenvalue weighted by atomic mass is 15.2. The van der Waals surface area contributed by atoms with Crippen molar-refractivity contribution in [2.75, 3.05) is 19.6 Å². The molecule has 2 aliphatic rings. The van der Waals surface area contributed by atoms with E-state index in [0.29, 0.717) is 0 Å². The zero-order valence-corrected chi connectivity index (χ0v) is 11.0. The molecule has 2 heteroatoms. The molecule has 94 valence electrons. The van der Waals surface area contributed by atoms with Gasteiger partial charge in [-0.05, 0) is 44.7 Å². The lowest BCUT2D eigenvalue weighted by molar-refractivity contribution is 0.108. The predicted octanol–water partition coefficient (Wildman–Crippen LogP) is 2.64. The number of hydrogen-bond acceptors (Lipinski definition) is 2. The molecular weight excluding hydrogens is 196 g/mol. The van der Waals surface area contributed by atoms with Crippen molar-refractivity contribution in [2.24, 2.45) is 5.92 Å². The molecule has 2 rings (SSSR count). The Bertz CT molecular complexity index is 205. The van der Waals surface area contributed by atoms with Gasteiger partial charge in [-0.15, -0.1) is 0 Å². The number of hydrogen-bond donors (Lipinski definition) is 1. The minimum Gasteiger partial charge on any atom is -0.313 e. The standard InChI is InChI=1S/C14H28N2/c1-3-12-7-6-10-16(11-12)14-9-5-8-13(14)15-4-2/h12-15H,3-11H2,1-2H3. The van der Waals surface area contributed by atoms with E-state index in [1.807, 2.05) is 0 Å². The molecule has 0 bridgehead atoms. The van der Waals surface area contributed by atoms with Crippen molar-refractivity contribution in [3.05, 3.63) is 0 Å². The topological polar surface area (TPSA) is 15.3 Å². The fourth-order valence-electron chi connectivity index (χ4n) is 3.61. The van der Waals surface area contributed by atoms with Crippen LogP contribution in [0.25, 0.3) is 0 Å². The molecule has 3 unspecified atom stereocenters. The number of rotatable bonds is 4. The fraction of sp³-hybridized carbons (Fsp3) is 1.00. The highest BCUT2D eigenvalue weighted by Crippen LogP contribution is 2.29. The van der Waals surface area contributed by atoms with Crippen LogP contribution in [0.4, 0.5) is 0 Å². The zero-order valence-electron chi connectivity index (χ0n) is 11.0. The van der Waals surface area contributed by atoms with Gasteiger partial charge in [0.25, 0.3) is 0 Å². The summed E-state index contributed by atoms with van der Waals surface area (Å²) < 4.78 is 0. The summed E-state index contributed by atoms with van der Waals surface area (Å²) in [5.41, 5.74) is 0. The summed E-state index contributed by atoms with van der Waals surface area (Å²) in [6.07, 6.45) is 8.50. The van der Waals surface area contributed by atoms with Crippen LogP contribution < -0.4 is 5.32 Å². The number of nitrogens with zero attached hydrogens (tertiary/aromatic N) is 1. The van der Waals surface area contributed by atoms with Crippen LogP contribution in [-0.4, -0.2) is 36.6 Å². The number of likely N-dealkylation sites (N-methyl/N-ethyl adjacent to an activating group) is 1. The summed E-state index contributed by atoms with van der Waals surface area (Å²) in [4.78, 5) is 2.79. The Kier molecular flexibility index (Phi) is 4.66. The normalized spacial score (nSPS) is 36.8. The maximum absolute atomic E-state index is 3.68. The molecule has 0 aromatic carbocycles. The fourth-order valence-corrected chi connectivity index (χ4v) is 3.61. The molecule has 1 saturated carbocycles. The van der Waals surface area contributed by atoms with Crippen molar-refractivity contribution in [3.63, 3.8) is 0 Å². The lowest BCUT2D eigenvalue weighted by Gasteiger charge is -2.39. The molecule has 16 heavy (non-hydrogen) atoms. The maximum atomic E-state index is 3.68. The van der Waals surface area contributed by atoms with E-state index in [0.717, 1.165) is 24.5 Å². The van der Waals surface area contributed by atoms with Crippen molar-refractivity contribution < 1.29 is 0 Å². The Balaban J connectivity index is 1.89. The van der Waals surface area contributed by atoms with E-state index in [-0.39, 0.29) is 0 Å². The van der Waals surface area contributed by atoms with Crippen molar-refractivity contribution in [2.45, 2.75) is 64.5 Å². The third kappa shape index (κ3) is 2.78. The molecule has 0 amide bonds. The lowest BCUT2D eigenvalue weighted by Crippen LogP contribution is -2.50. The van der Waals surface area contributed by atoms with E-state index in [1.54, 1.807) is 0 Å². The van der Waals surface area contributed by atoms with E-state index in [2.05, 4.69) is 24.1 Å². The molecule has 0 spiro atoms. The van der Waals surface area contributed by atoms with Crippen molar-refractivity contribution in [3.8, 4) is 0 Å². The van der Waals surface area contributed by atoms with Gasteiger partial charge in [0.1, 0.15) is 0 Å². The first-order valence-electron chi connectivity index (χ1n) is 7.32. The van der Waals surface area contributed by atoms with Crippen LogP contribution in [-0.2, 0) is 0 Å². The van der Waals surface area contributed by atoms with Crippen LogP contribution in [0.1, 0.15) is 52.4 Å². The van der Waals surface area contributed by atoms with Crippen LogP contribution in [0.5, 0.6) is 0 Å². The highest BCUT2D eigenvalue weighted by molar-refractivity contribution is 4.92. The van der Waals surface area contributed by atoms with Crippen LogP contribution >= 0.6 is 0 Å². The summed E-state index contributed by atoms with van der Waals surface area (Å²) >= 11 is 0. The Labute approximate surface area is 101 Å². The van der Waals surface area contributed by atoms with Crippen LogP contribution in [0.3, 0.4) is 0 Å². The number of likely N-dealkylation sites (tertiary alicyclic amines) is 1. The Morgan fingerprint density at radius 1 is 1.12 bits per heavy atom. The van der Waals surface area contributed by atoms with E-state index in [1.165, 1.54) is 51.6 Å². The quantitative estimate of drug-likeness (QED) is 0.790. The van der Waals surface area contributed by atoms with Gasteiger partial charge in [-0.1, -0.05) is 26.7 Å². The van der Waals surface area contributed by atoms with Crippen molar-refractivity contribution in [1.82, 2.24) is 10.2 Å². The van der Waals surface area contributed by atoms with Gasteiger partial charge in [0.05, 0.1) is 0 Å². The third-order valence-corrected chi connectivity index (χ3v) is 4.54. The van der Waals surface area contributed by atoms with Gasteiger partial charge in [-0.25, -0.2) is 0 Å². The van der Waals surface area contributed by atoms with Crippen LogP contribution in [0.15, 0.2) is 0 Å². The molecule has 2 fully saturated rings. The first kappa shape index (κ1) is 12.4. The first-order chi connectivity index (χ1) is 7.85. The zero-order chi connectivity index (χ0) is 11.4. The number of piperidine rings is 1. The second kappa shape index (κ2) is 6.02. The SMILES string of the molecule is CCNC1CCCC1N1CCCC(CC)C1. The average molecular weight is 224 g/mol. The minimum atomic E-state index is 0.778. The molecule has 1 aliphatic carbocycles. The summed E-state index contributed by atoms with van der Waals surface area (Å²) in [5.74, 6) is 0.969. The van der Waals surface area contributed by atoms with Crippen LogP contribution in [0, 0.1) is 5.92 Å². The molecule has 1 heterocycles. The average Bonchev–Trinajstić information content (AvgIpc) is 2.78. The van der Waals surface area contributed by atoms with Crippen LogP contribution in [0.2, 0.25) is 0 Å². The summed E-state index contributed by atoms with van der Waals surface area (Å²) in [7, 11) is 0. The molecule has 1 aliphatic heterocycles. The molecule has 2 nitrogen and oxygen atoms in total. The van der Waals surface area contributed by atoms with Crippen molar-refractivity contribution in [1.29, 1.82) is 0 Å². The van der Waals surface area contributed by atoms with Crippen molar-refractivity contribution >= 4 is 0 Å². The van der Waals surface area contributed by atoms with Gasteiger partial charge in [0, 0.05) is 18.6 Å². The van der Waals surface area contributed by atoms with Gasteiger partial charge in [0.2, 0.25) is 0 Å². The maximum Gasteiger partial charge on any atom is 0.0249 e. The van der Waals surface area contributed by atoms with E-state index in [9.17, 15) is 0 Å². The summed E-state index contributed by atoms with van der Waals surface area (Å²) in [6.45, 7) is 8.43. The van der Waals surface area contributed by atoms with Gasteiger partial charge >= 0.3 is 0 Å². The Hall–Kier alpha value is -0.0800. The second-order valence-electron chi connectivity index (χ2n) is 5.57. The molecule has 0 aromatic heterocycles. The molecular formula is C14H28N2. The van der Waals surface area contributed by atoms with Gasteiger partial charge in [-0.2, -0.15) is 0 Å². The van der Waals surface area contributed by atoms with E-state index < -0.39 is 0 Å². The first-order valence-corrected chi connectivity index (χ1v) is 7.32. The second-order valence-corrected chi connectivity index (χ2v) is 5.57. The number of nitrogens with one attached hydrogen (secondary N) is 1. The van der Waals surface area contributed by atoms with Gasteiger partial charge in [-0.3, -0.25) is 4.90 Å². The minimum absolute atomic E-state index is 0.778. The Morgan fingerprint density at radius 3 is 2.75 bits per heavy atom. The van der Waals surface area contributed by atoms with E-state index in [4.69, 9.17) is 0 Å². The lowest BCUT2D eigenvalue weighted by atomic mass is 9.93. The molecule has 1 N–H and O–H groups in total. The molecule has 0 aromatic rings. The smallest absolute Gasteiger partial charge is 0.0249 e. The molecule has 3 atom stereocenters.